The summed E-state index contributed by atoms with van der Waals surface area (Å²) in [6.45, 7) is 2.91. The maximum absolute atomic E-state index is 5.73. The van der Waals surface area contributed by atoms with Gasteiger partial charge in [0.25, 0.3) is 0 Å². The monoisotopic (exact) mass is 240 g/mol. The van der Waals surface area contributed by atoms with Crippen LogP contribution in [0, 0.1) is 5.92 Å². The lowest BCUT2D eigenvalue weighted by molar-refractivity contribution is 0.253. The quantitative estimate of drug-likeness (QED) is 0.736. The summed E-state index contributed by atoms with van der Waals surface area (Å²) in [4.78, 5) is 0. The van der Waals surface area contributed by atoms with Gasteiger partial charge in [0, 0.05) is 12.0 Å². The minimum atomic E-state index is 0.527. The van der Waals surface area contributed by atoms with Crippen LogP contribution in [0.25, 0.3) is 0 Å². The Hall–Kier alpha value is -0.830. The fourth-order valence-electron chi connectivity index (χ4n) is 1.54. The fraction of sp³-hybridized carbons (Fsp3) is 0.538. The molecule has 0 heterocycles. The van der Waals surface area contributed by atoms with Gasteiger partial charge in [-0.25, -0.2) is 0 Å². The lowest BCUT2D eigenvalue weighted by Gasteiger charge is -2.14. The second-order valence-corrected chi connectivity index (χ2v) is 4.19. The van der Waals surface area contributed by atoms with E-state index in [1.54, 1.807) is 7.11 Å². The minimum absolute atomic E-state index is 0.527. The van der Waals surface area contributed by atoms with E-state index in [1.807, 2.05) is 24.3 Å². The van der Waals surface area contributed by atoms with Crippen molar-refractivity contribution in [1.29, 1.82) is 0 Å². The fourth-order valence-corrected chi connectivity index (χ4v) is 1.83. The van der Waals surface area contributed by atoms with Crippen LogP contribution in [-0.2, 0) is 0 Å². The number of hydrogen-bond donors (Lipinski definition) is 1. The van der Waals surface area contributed by atoms with Gasteiger partial charge in [0.15, 0.2) is 0 Å². The van der Waals surface area contributed by atoms with Crippen molar-refractivity contribution in [1.82, 2.24) is 0 Å². The number of benzene rings is 1. The normalized spacial score (nSPS) is 12.2. The van der Waals surface area contributed by atoms with Crippen molar-refractivity contribution in [3.8, 4) is 11.5 Å². The van der Waals surface area contributed by atoms with Crippen LogP contribution in [0.4, 0.5) is 0 Å². The molecule has 1 aromatic carbocycles. The molecule has 1 rings (SSSR count). The highest BCUT2D eigenvalue weighted by Gasteiger charge is 2.06. The van der Waals surface area contributed by atoms with E-state index in [9.17, 15) is 0 Å². The van der Waals surface area contributed by atoms with E-state index in [2.05, 4.69) is 19.6 Å². The Kier molecular flexibility index (Phi) is 6.16. The molecule has 0 aromatic heterocycles. The first kappa shape index (κ1) is 13.2. The maximum atomic E-state index is 5.73. The third-order valence-electron chi connectivity index (χ3n) is 2.48. The molecule has 1 atom stereocenters. The highest BCUT2D eigenvalue weighted by Crippen LogP contribution is 2.20. The van der Waals surface area contributed by atoms with E-state index < -0.39 is 0 Å². The molecule has 2 nitrogen and oxygen atoms in total. The van der Waals surface area contributed by atoms with Crippen molar-refractivity contribution >= 4 is 12.6 Å². The Bertz CT molecular complexity index is 302. The van der Waals surface area contributed by atoms with Crippen molar-refractivity contribution in [3.63, 3.8) is 0 Å². The second kappa shape index (κ2) is 7.44. The van der Waals surface area contributed by atoms with Gasteiger partial charge in [-0.15, -0.1) is 0 Å². The second-order valence-electron chi connectivity index (χ2n) is 3.83. The third kappa shape index (κ3) is 4.35. The Morgan fingerprint density at radius 2 is 2.06 bits per heavy atom. The van der Waals surface area contributed by atoms with E-state index in [-0.39, 0.29) is 0 Å². The zero-order valence-electron chi connectivity index (χ0n) is 9.98. The van der Waals surface area contributed by atoms with Gasteiger partial charge in [0.05, 0.1) is 13.7 Å². The molecule has 0 aliphatic carbocycles. The van der Waals surface area contributed by atoms with E-state index >= 15 is 0 Å². The van der Waals surface area contributed by atoms with E-state index in [0.29, 0.717) is 5.92 Å². The molecule has 0 N–H and O–H groups in total. The molecular formula is C13H20O2S. The molecule has 1 unspecified atom stereocenters. The largest absolute Gasteiger partial charge is 0.497 e. The maximum Gasteiger partial charge on any atom is 0.122 e. The number of ether oxygens (including phenoxy) is 2. The van der Waals surface area contributed by atoms with Crippen molar-refractivity contribution < 1.29 is 9.47 Å². The van der Waals surface area contributed by atoms with Crippen LogP contribution in [0.1, 0.15) is 19.8 Å². The number of thiol groups is 1. The van der Waals surface area contributed by atoms with Gasteiger partial charge in [0.2, 0.25) is 0 Å². The lowest BCUT2D eigenvalue weighted by Crippen LogP contribution is -2.13. The zero-order valence-corrected chi connectivity index (χ0v) is 10.9. The summed E-state index contributed by atoms with van der Waals surface area (Å²) in [6, 6.07) is 7.70. The van der Waals surface area contributed by atoms with E-state index in [4.69, 9.17) is 9.47 Å². The van der Waals surface area contributed by atoms with Gasteiger partial charge in [-0.3, -0.25) is 0 Å². The molecule has 16 heavy (non-hydrogen) atoms. The van der Waals surface area contributed by atoms with Crippen LogP contribution in [0.3, 0.4) is 0 Å². The first-order chi connectivity index (χ1) is 7.80. The summed E-state index contributed by atoms with van der Waals surface area (Å²) in [5, 5.41) is 0. The van der Waals surface area contributed by atoms with Crippen molar-refractivity contribution in [2.45, 2.75) is 19.8 Å². The summed E-state index contributed by atoms with van der Waals surface area (Å²) in [7, 11) is 1.66. The predicted molar refractivity (Wildman–Crippen MR) is 70.7 cm³/mol. The Morgan fingerprint density at radius 1 is 1.31 bits per heavy atom. The Labute approximate surface area is 103 Å². The smallest absolute Gasteiger partial charge is 0.122 e. The molecule has 0 spiro atoms. The summed E-state index contributed by atoms with van der Waals surface area (Å²) in [6.07, 6.45) is 2.33. The van der Waals surface area contributed by atoms with E-state index in [0.717, 1.165) is 30.3 Å². The van der Waals surface area contributed by atoms with Gasteiger partial charge in [-0.05, 0) is 24.3 Å². The molecule has 0 aliphatic rings. The van der Waals surface area contributed by atoms with Crippen LogP contribution >= 0.6 is 12.6 Å². The molecule has 0 saturated heterocycles. The molecular weight excluding hydrogens is 220 g/mol. The molecule has 0 amide bonds. The highest BCUT2D eigenvalue weighted by molar-refractivity contribution is 7.80. The Morgan fingerprint density at radius 3 is 2.69 bits per heavy atom. The van der Waals surface area contributed by atoms with Crippen LogP contribution in [-0.4, -0.2) is 19.5 Å². The molecule has 0 saturated carbocycles. The molecule has 0 bridgehead atoms. The third-order valence-corrected chi connectivity index (χ3v) is 3.00. The van der Waals surface area contributed by atoms with Gasteiger partial charge in [0.1, 0.15) is 11.5 Å². The average Bonchev–Trinajstić information content (AvgIpc) is 2.34. The SMILES string of the molecule is CCCC(CS)COc1cccc(OC)c1. The van der Waals surface area contributed by atoms with Crippen LogP contribution < -0.4 is 9.47 Å². The first-order valence-corrected chi connectivity index (χ1v) is 6.31. The van der Waals surface area contributed by atoms with Crippen molar-refractivity contribution in [2.24, 2.45) is 5.92 Å². The first-order valence-electron chi connectivity index (χ1n) is 5.67. The van der Waals surface area contributed by atoms with Gasteiger partial charge in [-0.2, -0.15) is 12.6 Å². The van der Waals surface area contributed by atoms with Gasteiger partial charge < -0.3 is 9.47 Å². The van der Waals surface area contributed by atoms with Gasteiger partial charge in [-0.1, -0.05) is 19.4 Å². The molecule has 0 radical (unpaired) electrons. The van der Waals surface area contributed by atoms with Crippen LogP contribution in [0.15, 0.2) is 24.3 Å². The molecule has 90 valence electrons. The number of methoxy groups -OCH3 is 1. The van der Waals surface area contributed by atoms with Crippen LogP contribution in [0.5, 0.6) is 11.5 Å². The van der Waals surface area contributed by atoms with Crippen molar-refractivity contribution in [3.05, 3.63) is 24.3 Å². The standard InChI is InChI=1S/C13H20O2S/c1-3-5-11(10-16)9-15-13-7-4-6-12(8-13)14-2/h4,6-8,11,16H,3,5,9-10H2,1-2H3. The molecule has 0 aliphatic heterocycles. The van der Waals surface area contributed by atoms with E-state index in [1.165, 1.54) is 6.42 Å². The summed E-state index contributed by atoms with van der Waals surface area (Å²) < 4.78 is 10.9. The summed E-state index contributed by atoms with van der Waals surface area (Å²) >= 11 is 4.33. The molecule has 0 fully saturated rings. The average molecular weight is 240 g/mol. The highest BCUT2D eigenvalue weighted by atomic mass is 32.1. The predicted octanol–water partition coefficient (Wildman–Crippen LogP) is 3.42. The van der Waals surface area contributed by atoms with Gasteiger partial charge >= 0.3 is 0 Å². The summed E-state index contributed by atoms with van der Waals surface area (Å²) in [5.41, 5.74) is 0. The topological polar surface area (TPSA) is 18.5 Å². The summed E-state index contributed by atoms with van der Waals surface area (Å²) in [5.74, 6) is 3.09. The molecule has 1 aromatic rings. The Balaban J connectivity index is 2.46. The van der Waals surface area contributed by atoms with Crippen LogP contribution in [0.2, 0.25) is 0 Å². The zero-order chi connectivity index (χ0) is 11.8. The lowest BCUT2D eigenvalue weighted by atomic mass is 10.1. The minimum Gasteiger partial charge on any atom is -0.497 e. The molecule has 3 heteroatoms. The number of hydrogen-bond acceptors (Lipinski definition) is 3. The van der Waals surface area contributed by atoms with Crippen molar-refractivity contribution in [2.75, 3.05) is 19.5 Å². The number of rotatable bonds is 7.